The van der Waals surface area contributed by atoms with Crippen LogP contribution in [0.5, 0.6) is 0 Å². The number of hydrogen-bond donors (Lipinski definition) is 2. The summed E-state index contributed by atoms with van der Waals surface area (Å²) in [4.78, 5) is 4.35. The number of nitrogens with one attached hydrogen (secondary N) is 1. The molecule has 0 spiro atoms. The van der Waals surface area contributed by atoms with E-state index < -0.39 is 0 Å². The van der Waals surface area contributed by atoms with Crippen LogP contribution in [-0.2, 0) is 13.1 Å². The summed E-state index contributed by atoms with van der Waals surface area (Å²) < 4.78 is 0. The molecule has 1 saturated carbocycles. The van der Waals surface area contributed by atoms with Gasteiger partial charge in [-0.25, -0.2) is 0 Å². The summed E-state index contributed by atoms with van der Waals surface area (Å²) in [6, 6.07) is 15.3. The van der Waals surface area contributed by atoms with Crippen LogP contribution < -0.4 is 11.1 Å². The highest BCUT2D eigenvalue weighted by molar-refractivity contribution is 5.54. The number of benzene rings is 1. The molecule has 0 saturated heterocycles. The Kier molecular flexibility index (Phi) is 5.21. The van der Waals surface area contributed by atoms with Gasteiger partial charge in [0.15, 0.2) is 0 Å². The van der Waals surface area contributed by atoms with Crippen molar-refractivity contribution in [3.63, 3.8) is 0 Å². The van der Waals surface area contributed by atoms with Crippen LogP contribution in [0, 0.1) is 5.92 Å². The molecule has 0 unspecified atom stereocenters. The van der Waals surface area contributed by atoms with Crippen molar-refractivity contribution in [2.45, 2.75) is 38.9 Å². The molecular formula is C20H25N3. The Morgan fingerprint density at radius 1 is 1.26 bits per heavy atom. The molecule has 0 aliphatic heterocycles. The average molecular weight is 307 g/mol. The maximum absolute atomic E-state index is 5.76. The zero-order chi connectivity index (χ0) is 16.1. The molecule has 1 aliphatic carbocycles. The van der Waals surface area contributed by atoms with Crippen LogP contribution in [0.1, 0.15) is 36.6 Å². The molecule has 1 fully saturated rings. The molecule has 1 heterocycles. The van der Waals surface area contributed by atoms with Gasteiger partial charge in [0.05, 0.1) is 5.69 Å². The first-order chi connectivity index (χ1) is 11.3. The van der Waals surface area contributed by atoms with Crippen LogP contribution in [0.3, 0.4) is 0 Å². The average Bonchev–Trinajstić information content (AvgIpc) is 3.38. The van der Waals surface area contributed by atoms with Gasteiger partial charge in [0.1, 0.15) is 0 Å². The highest BCUT2D eigenvalue weighted by atomic mass is 15.0. The summed E-state index contributed by atoms with van der Waals surface area (Å²) in [5.74, 6) is 0.665. The van der Waals surface area contributed by atoms with Gasteiger partial charge in [-0.3, -0.25) is 4.98 Å². The highest BCUT2D eigenvalue weighted by Gasteiger charge is 2.38. The SMILES string of the molecule is CC/C(=C\c1ccccc1)[C@H]1C[C@@H]1NCc1cccnc1CN. The van der Waals surface area contributed by atoms with E-state index in [-0.39, 0.29) is 0 Å². The van der Waals surface area contributed by atoms with Crippen molar-refractivity contribution >= 4 is 6.08 Å². The lowest BCUT2D eigenvalue weighted by molar-refractivity contribution is 0.648. The number of hydrogen-bond acceptors (Lipinski definition) is 3. The van der Waals surface area contributed by atoms with Crippen molar-refractivity contribution in [3.05, 3.63) is 71.1 Å². The smallest absolute Gasteiger partial charge is 0.0584 e. The molecule has 1 aliphatic rings. The van der Waals surface area contributed by atoms with Crippen molar-refractivity contribution in [3.8, 4) is 0 Å². The highest BCUT2D eigenvalue weighted by Crippen LogP contribution is 2.39. The molecule has 3 heteroatoms. The Morgan fingerprint density at radius 3 is 2.83 bits per heavy atom. The Morgan fingerprint density at radius 2 is 2.09 bits per heavy atom. The van der Waals surface area contributed by atoms with Crippen molar-refractivity contribution in [1.29, 1.82) is 0 Å². The van der Waals surface area contributed by atoms with Crippen LogP contribution in [0.4, 0.5) is 0 Å². The number of nitrogens with two attached hydrogens (primary N) is 1. The topological polar surface area (TPSA) is 50.9 Å². The third-order valence-electron chi connectivity index (χ3n) is 4.56. The predicted octanol–water partition coefficient (Wildman–Crippen LogP) is 3.51. The first-order valence-corrected chi connectivity index (χ1v) is 8.43. The maximum Gasteiger partial charge on any atom is 0.0584 e. The molecule has 2 aromatic rings. The molecule has 120 valence electrons. The summed E-state index contributed by atoms with van der Waals surface area (Å²) in [5.41, 5.74) is 10.8. The molecule has 23 heavy (non-hydrogen) atoms. The van der Waals surface area contributed by atoms with Crippen LogP contribution in [-0.4, -0.2) is 11.0 Å². The van der Waals surface area contributed by atoms with Crippen LogP contribution in [0.25, 0.3) is 6.08 Å². The second-order valence-electron chi connectivity index (χ2n) is 6.13. The van der Waals surface area contributed by atoms with Gasteiger partial charge in [-0.1, -0.05) is 55.0 Å². The predicted molar refractivity (Wildman–Crippen MR) is 95.6 cm³/mol. The molecule has 3 rings (SSSR count). The molecular weight excluding hydrogens is 282 g/mol. The number of nitrogens with zero attached hydrogens (tertiary/aromatic N) is 1. The lowest BCUT2D eigenvalue weighted by Gasteiger charge is -2.09. The van der Waals surface area contributed by atoms with E-state index >= 15 is 0 Å². The largest absolute Gasteiger partial charge is 0.325 e. The molecule has 1 aromatic carbocycles. The Labute approximate surface area is 138 Å². The standard InChI is InChI=1S/C20H25N3/c1-2-16(11-15-7-4-3-5-8-15)18-12-19(18)23-14-17-9-6-10-22-20(17)13-21/h3-11,18-19,23H,2,12-14,21H2,1H3/b16-11+/t18-,19+/m1/s1. The molecule has 2 atom stereocenters. The van der Waals surface area contributed by atoms with Gasteiger partial charge in [0.2, 0.25) is 0 Å². The van der Waals surface area contributed by atoms with E-state index in [2.05, 4.69) is 59.7 Å². The van der Waals surface area contributed by atoms with Gasteiger partial charge < -0.3 is 11.1 Å². The van der Waals surface area contributed by atoms with Crippen LogP contribution in [0.2, 0.25) is 0 Å². The Balaban J connectivity index is 1.59. The van der Waals surface area contributed by atoms with E-state index in [1.807, 2.05) is 12.3 Å². The van der Waals surface area contributed by atoms with E-state index in [0.29, 0.717) is 18.5 Å². The van der Waals surface area contributed by atoms with Gasteiger partial charge in [0, 0.05) is 25.3 Å². The summed E-state index contributed by atoms with van der Waals surface area (Å²) >= 11 is 0. The van der Waals surface area contributed by atoms with E-state index in [4.69, 9.17) is 5.73 Å². The molecule has 3 nitrogen and oxygen atoms in total. The summed E-state index contributed by atoms with van der Waals surface area (Å²) in [6.45, 7) is 3.60. The number of pyridine rings is 1. The van der Waals surface area contributed by atoms with Gasteiger partial charge in [-0.05, 0) is 36.0 Å². The zero-order valence-corrected chi connectivity index (χ0v) is 13.7. The van der Waals surface area contributed by atoms with Crippen LogP contribution in [0.15, 0.2) is 54.2 Å². The zero-order valence-electron chi connectivity index (χ0n) is 13.7. The molecule has 0 radical (unpaired) electrons. The number of rotatable bonds is 7. The second kappa shape index (κ2) is 7.53. The summed E-state index contributed by atoms with van der Waals surface area (Å²) in [7, 11) is 0. The fourth-order valence-electron chi connectivity index (χ4n) is 3.12. The van der Waals surface area contributed by atoms with Crippen LogP contribution >= 0.6 is 0 Å². The fraction of sp³-hybridized carbons (Fsp3) is 0.350. The lowest BCUT2D eigenvalue weighted by Crippen LogP contribution is -2.20. The fourth-order valence-corrected chi connectivity index (χ4v) is 3.12. The molecule has 0 bridgehead atoms. The van der Waals surface area contributed by atoms with Crippen molar-refractivity contribution < 1.29 is 0 Å². The maximum atomic E-state index is 5.76. The quantitative estimate of drug-likeness (QED) is 0.823. The van der Waals surface area contributed by atoms with Gasteiger partial charge in [0.25, 0.3) is 0 Å². The lowest BCUT2D eigenvalue weighted by atomic mass is 10.0. The molecule has 1 aromatic heterocycles. The Hall–Kier alpha value is -1.97. The third kappa shape index (κ3) is 4.06. The minimum Gasteiger partial charge on any atom is -0.325 e. The van der Waals surface area contributed by atoms with E-state index in [0.717, 1.165) is 18.7 Å². The second-order valence-corrected chi connectivity index (χ2v) is 6.13. The van der Waals surface area contributed by atoms with Gasteiger partial charge >= 0.3 is 0 Å². The van der Waals surface area contributed by atoms with Gasteiger partial charge in [-0.2, -0.15) is 0 Å². The molecule has 3 N–H and O–H groups in total. The van der Waals surface area contributed by atoms with Crippen molar-refractivity contribution in [1.82, 2.24) is 10.3 Å². The summed E-state index contributed by atoms with van der Waals surface area (Å²) in [5, 5.41) is 3.66. The molecule has 0 amide bonds. The number of aromatic nitrogens is 1. The summed E-state index contributed by atoms with van der Waals surface area (Å²) in [6.07, 6.45) is 6.49. The monoisotopic (exact) mass is 307 g/mol. The van der Waals surface area contributed by atoms with E-state index in [9.17, 15) is 0 Å². The van der Waals surface area contributed by atoms with E-state index in [1.54, 1.807) is 5.57 Å². The first kappa shape index (κ1) is 15.9. The van der Waals surface area contributed by atoms with E-state index in [1.165, 1.54) is 17.5 Å². The minimum atomic E-state index is 0.500. The van der Waals surface area contributed by atoms with Gasteiger partial charge in [-0.15, -0.1) is 0 Å². The minimum absolute atomic E-state index is 0.500. The first-order valence-electron chi connectivity index (χ1n) is 8.43. The third-order valence-corrected chi connectivity index (χ3v) is 4.56. The van der Waals surface area contributed by atoms with Crippen molar-refractivity contribution in [2.75, 3.05) is 0 Å². The normalized spacial score (nSPS) is 20.5. The Bertz CT molecular complexity index is 664. The van der Waals surface area contributed by atoms with Crippen molar-refractivity contribution in [2.24, 2.45) is 11.7 Å².